The zero-order chi connectivity index (χ0) is 24.4. The lowest BCUT2D eigenvalue weighted by atomic mass is 9.44. The number of carbonyl (C=O) groups excluding carboxylic acids is 1. The Kier molecular flexibility index (Phi) is 5.79. The van der Waals surface area contributed by atoms with E-state index in [1.165, 1.54) is 18.9 Å². The summed E-state index contributed by atoms with van der Waals surface area (Å²) in [7, 11) is 1.83. The van der Waals surface area contributed by atoms with E-state index in [4.69, 9.17) is 4.74 Å². The summed E-state index contributed by atoms with van der Waals surface area (Å²) in [6.45, 7) is 3.32. The van der Waals surface area contributed by atoms with Gasteiger partial charge in [-0.1, -0.05) is 18.2 Å². The first-order valence-corrected chi connectivity index (χ1v) is 13.5. The molecular weight excluding hydrogens is 445 g/mol. The number of aliphatic hydroxyl groups excluding tert-OH is 1. The van der Waals surface area contributed by atoms with Crippen LogP contribution in [0.1, 0.15) is 64.7 Å². The maximum atomic E-state index is 14.1. The molecule has 2 aromatic rings. The number of fused-ring (bicyclic) bond motifs is 6. The fourth-order valence-electron chi connectivity index (χ4n) is 9.44. The molecule has 6 rings (SSSR count). The maximum Gasteiger partial charge on any atom is 0.157 e. The number of aromatic nitrogens is 3. The van der Waals surface area contributed by atoms with E-state index >= 15 is 0 Å². The molecule has 0 spiro atoms. The van der Waals surface area contributed by atoms with Crippen molar-refractivity contribution < 1.29 is 19.0 Å². The summed E-state index contributed by atoms with van der Waals surface area (Å²) < 4.78 is 21.5. The van der Waals surface area contributed by atoms with Gasteiger partial charge in [-0.25, -0.2) is 9.07 Å². The van der Waals surface area contributed by atoms with Gasteiger partial charge in [0.2, 0.25) is 0 Å². The van der Waals surface area contributed by atoms with Gasteiger partial charge in [0.1, 0.15) is 12.1 Å². The molecule has 0 bridgehead atoms. The zero-order valence-electron chi connectivity index (χ0n) is 21.0. The Morgan fingerprint density at radius 3 is 2.86 bits per heavy atom. The van der Waals surface area contributed by atoms with Crippen molar-refractivity contribution in [3.8, 4) is 0 Å². The van der Waals surface area contributed by atoms with Crippen LogP contribution in [0.3, 0.4) is 0 Å². The summed E-state index contributed by atoms with van der Waals surface area (Å²) >= 11 is 0. The maximum absolute atomic E-state index is 14.1. The van der Waals surface area contributed by atoms with Crippen molar-refractivity contribution in [3.05, 3.63) is 24.0 Å². The normalized spacial score (nSPS) is 40.8. The molecule has 1 N–H and O–H groups in total. The van der Waals surface area contributed by atoms with E-state index in [0.717, 1.165) is 51.6 Å². The van der Waals surface area contributed by atoms with Crippen molar-refractivity contribution in [2.45, 2.75) is 77.4 Å². The number of hydrogen-bond donors (Lipinski definition) is 1. The second-order valence-corrected chi connectivity index (χ2v) is 12.2. The largest absolute Gasteiger partial charge is 0.393 e. The second-order valence-electron chi connectivity index (χ2n) is 12.2. The molecule has 4 aliphatic carbocycles. The Balaban J connectivity index is 1.24. The molecule has 1 aromatic carbocycles. The van der Waals surface area contributed by atoms with Gasteiger partial charge in [-0.2, -0.15) is 0 Å². The van der Waals surface area contributed by atoms with E-state index in [1.807, 2.05) is 7.11 Å². The van der Waals surface area contributed by atoms with Crippen molar-refractivity contribution in [1.82, 2.24) is 15.0 Å². The molecule has 0 aliphatic heterocycles. The standard InChI is InChI=1S/C28H38FN3O3/c1-27-12-11-21-19(7-6-17-14-18(33)10-13-28(17,21)16-35-2)20(27)8-9-22(27)25(34)15-32-24-5-3-4-23(29)26(24)30-31-32/h3-5,17-22,33H,6-16H2,1-2H3. The number of carbonyl (C=O) groups is 1. The summed E-state index contributed by atoms with van der Waals surface area (Å²) in [5.41, 5.74) is 1.01. The third kappa shape index (κ3) is 3.51. The van der Waals surface area contributed by atoms with Crippen molar-refractivity contribution in [2.24, 2.45) is 40.4 Å². The molecule has 8 unspecified atom stereocenters. The smallest absolute Gasteiger partial charge is 0.157 e. The fourth-order valence-corrected chi connectivity index (χ4v) is 9.44. The monoisotopic (exact) mass is 483 g/mol. The zero-order valence-corrected chi connectivity index (χ0v) is 21.0. The molecule has 35 heavy (non-hydrogen) atoms. The molecule has 7 heteroatoms. The number of halogens is 1. The van der Waals surface area contributed by atoms with Gasteiger partial charge in [0.25, 0.3) is 0 Å². The van der Waals surface area contributed by atoms with Crippen LogP contribution in [0.2, 0.25) is 0 Å². The molecule has 8 atom stereocenters. The molecular formula is C28H38FN3O3. The molecule has 0 saturated heterocycles. The fraction of sp³-hybridized carbons (Fsp3) is 0.750. The number of ketones is 1. The summed E-state index contributed by atoms with van der Waals surface area (Å²) in [5.74, 6) is 2.20. The van der Waals surface area contributed by atoms with Gasteiger partial charge in [0.15, 0.2) is 11.6 Å². The van der Waals surface area contributed by atoms with Crippen LogP contribution < -0.4 is 0 Å². The molecule has 4 aliphatic rings. The van der Waals surface area contributed by atoms with Gasteiger partial charge in [0, 0.05) is 13.0 Å². The summed E-state index contributed by atoms with van der Waals surface area (Å²) in [4.78, 5) is 13.7. The van der Waals surface area contributed by atoms with Crippen LogP contribution in [0.5, 0.6) is 0 Å². The Morgan fingerprint density at radius 1 is 1.17 bits per heavy atom. The van der Waals surface area contributed by atoms with E-state index in [2.05, 4.69) is 17.2 Å². The van der Waals surface area contributed by atoms with Crippen molar-refractivity contribution in [1.29, 1.82) is 0 Å². The van der Waals surface area contributed by atoms with E-state index in [-0.39, 0.29) is 40.7 Å². The highest BCUT2D eigenvalue weighted by atomic mass is 19.1. The van der Waals surface area contributed by atoms with Crippen LogP contribution in [-0.2, 0) is 16.1 Å². The molecule has 190 valence electrons. The molecule has 0 amide bonds. The number of Topliss-reactive ketones (excluding diaryl/α,β-unsaturated/α-hetero) is 1. The lowest BCUT2D eigenvalue weighted by Crippen LogP contribution is -2.57. The third-order valence-electron chi connectivity index (χ3n) is 10.9. The van der Waals surface area contributed by atoms with Gasteiger partial charge < -0.3 is 9.84 Å². The van der Waals surface area contributed by atoms with Gasteiger partial charge in [-0.05, 0) is 104 Å². The van der Waals surface area contributed by atoms with Gasteiger partial charge in [0.05, 0.1) is 18.2 Å². The molecule has 1 heterocycles. The Hall–Kier alpha value is -1.86. The van der Waals surface area contributed by atoms with E-state index in [0.29, 0.717) is 29.2 Å². The predicted molar refractivity (Wildman–Crippen MR) is 130 cm³/mol. The SMILES string of the molecule is COCC12CCC(O)CC1CCC1C3CCC(C(=O)Cn4nnc5c(F)cccc54)C3(C)CCC12. The van der Waals surface area contributed by atoms with Crippen LogP contribution in [0.15, 0.2) is 18.2 Å². The number of ether oxygens (including phenoxy) is 1. The van der Waals surface area contributed by atoms with Crippen LogP contribution in [-0.4, -0.2) is 45.7 Å². The van der Waals surface area contributed by atoms with E-state index in [9.17, 15) is 14.3 Å². The van der Waals surface area contributed by atoms with Crippen LogP contribution in [0, 0.1) is 46.2 Å². The highest BCUT2D eigenvalue weighted by Crippen LogP contribution is 2.67. The van der Waals surface area contributed by atoms with Crippen LogP contribution in [0.4, 0.5) is 4.39 Å². The number of benzene rings is 1. The number of hydrogen-bond acceptors (Lipinski definition) is 5. The number of nitrogens with zero attached hydrogens (tertiary/aromatic N) is 3. The van der Waals surface area contributed by atoms with E-state index in [1.54, 1.807) is 16.8 Å². The Morgan fingerprint density at radius 2 is 2.03 bits per heavy atom. The van der Waals surface area contributed by atoms with Crippen LogP contribution in [0.25, 0.3) is 11.0 Å². The minimum absolute atomic E-state index is 0.00909. The lowest BCUT2D eigenvalue weighted by Gasteiger charge is -2.61. The van der Waals surface area contributed by atoms with Gasteiger partial charge >= 0.3 is 0 Å². The van der Waals surface area contributed by atoms with Gasteiger partial charge in [-0.15, -0.1) is 5.10 Å². The minimum Gasteiger partial charge on any atom is -0.393 e. The first kappa shape index (κ1) is 23.5. The minimum atomic E-state index is -0.400. The highest BCUT2D eigenvalue weighted by Gasteiger charge is 2.62. The van der Waals surface area contributed by atoms with Crippen molar-refractivity contribution >= 4 is 16.8 Å². The van der Waals surface area contributed by atoms with E-state index < -0.39 is 5.82 Å². The quantitative estimate of drug-likeness (QED) is 0.662. The number of rotatable bonds is 5. The molecule has 4 fully saturated rings. The first-order valence-electron chi connectivity index (χ1n) is 13.5. The first-order chi connectivity index (χ1) is 16.9. The van der Waals surface area contributed by atoms with Crippen molar-refractivity contribution in [3.63, 3.8) is 0 Å². The summed E-state index contributed by atoms with van der Waals surface area (Å²) in [6.07, 6.45) is 9.35. The predicted octanol–water partition coefficient (Wildman–Crippen LogP) is 4.79. The topological polar surface area (TPSA) is 77.2 Å². The van der Waals surface area contributed by atoms with Gasteiger partial charge in [-0.3, -0.25) is 4.79 Å². The molecule has 6 nitrogen and oxygen atoms in total. The Labute approximate surface area is 206 Å². The summed E-state index contributed by atoms with van der Waals surface area (Å²) in [6, 6.07) is 4.81. The number of aliphatic hydroxyl groups is 1. The van der Waals surface area contributed by atoms with Crippen LogP contribution >= 0.6 is 0 Å². The number of methoxy groups -OCH3 is 1. The third-order valence-corrected chi connectivity index (χ3v) is 10.9. The molecule has 4 saturated carbocycles. The average Bonchev–Trinajstić information content (AvgIpc) is 3.41. The average molecular weight is 484 g/mol. The second kappa shape index (κ2) is 8.62. The molecule has 0 radical (unpaired) electrons. The molecule has 1 aromatic heterocycles. The lowest BCUT2D eigenvalue weighted by molar-refractivity contribution is -0.161. The van der Waals surface area contributed by atoms with Crippen molar-refractivity contribution in [2.75, 3.05) is 13.7 Å². The highest BCUT2D eigenvalue weighted by molar-refractivity contribution is 5.84. The summed E-state index contributed by atoms with van der Waals surface area (Å²) in [5, 5.41) is 18.5. The Bertz CT molecular complexity index is 1120.